The average Bonchev–Trinajstić information content (AvgIpc) is 2.67. The second-order valence-corrected chi connectivity index (χ2v) is 7.97. The third-order valence-electron chi connectivity index (χ3n) is 5.15. The molecule has 0 bridgehead atoms. The third-order valence-corrected chi connectivity index (χ3v) is 5.15. The first-order valence-electron chi connectivity index (χ1n) is 10.7. The highest BCUT2D eigenvalue weighted by Crippen LogP contribution is 2.20. The Balaban J connectivity index is 0.00000450. The van der Waals surface area contributed by atoms with Crippen LogP contribution in [0.2, 0.25) is 0 Å². The van der Waals surface area contributed by atoms with Crippen molar-refractivity contribution < 1.29 is 13.5 Å². The van der Waals surface area contributed by atoms with Gasteiger partial charge in [-0.2, -0.15) is 0 Å². The third kappa shape index (κ3) is 9.43. The molecule has 5 nitrogen and oxygen atoms in total. The summed E-state index contributed by atoms with van der Waals surface area (Å²) in [5.74, 6) is -0.448. The maximum atomic E-state index is 14.0. The second-order valence-electron chi connectivity index (χ2n) is 7.97. The maximum absolute atomic E-state index is 14.0. The lowest BCUT2D eigenvalue weighted by molar-refractivity contribution is 0.0532. The van der Waals surface area contributed by atoms with Crippen molar-refractivity contribution in [3.8, 4) is 0 Å². The van der Waals surface area contributed by atoms with Gasteiger partial charge in [0.15, 0.2) is 5.96 Å². The highest BCUT2D eigenvalue weighted by Gasteiger charge is 2.20. The Morgan fingerprint density at radius 2 is 1.93 bits per heavy atom. The molecule has 8 heteroatoms. The highest BCUT2D eigenvalue weighted by molar-refractivity contribution is 14.0. The molecule has 1 aromatic rings. The Bertz CT molecular complexity index is 652. The minimum absolute atomic E-state index is 0. The van der Waals surface area contributed by atoms with Crippen LogP contribution < -0.4 is 10.6 Å². The van der Waals surface area contributed by atoms with E-state index in [0.29, 0.717) is 18.2 Å². The molecule has 0 spiro atoms. The number of hydrogen-bond donors (Lipinski definition) is 2. The zero-order valence-electron chi connectivity index (χ0n) is 18.6. The predicted octanol–water partition coefficient (Wildman–Crippen LogP) is 4.13. The molecule has 0 aromatic heterocycles. The van der Waals surface area contributed by atoms with Crippen LogP contribution in [0, 0.1) is 11.6 Å². The summed E-state index contributed by atoms with van der Waals surface area (Å²) in [4.78, 5) is 7.07. The molecule has 0 saturated carbocycles. The van der Waals surface area contributed by atoms with E-state index in [0.717, 1.165) is 57.7 Å². The summed E-state index contributed by atoms with van der Waals surface area (Å²) < 4.78 is 32.7. The van der Waals surface area contributed by atoms with Crippen LogP contribution in [0.3, 0.4) is 0 Å². The fraction of sp³-hybridized carbons (Fsp3) is 0.682. The van der Waals surface area contributed by atoms with Crippen molar-refractivity contribution in [2.45, 2.75) is 58.6 Å². The molecule has 172 valence electrons. The molecule has 30 heavy (non-hydrogen) atoms. The highest BCUT2D eigenvalue weighted by atomic mass is 127. The van der Waals surface area contributed by atoms with Crippen molar-refractivity contribution in [3.05, 3.63) is 35.4 Å². The molecule has 1 atom stereocenters. The van der Waals surface area contributed by atoms with E-state index >= 15 is 0 Å². The van der Waals surface area contributed by atoms with E-state index in [9.17, 15) is 8.78 Å². The van der Waals surface area contributed by atoms with Crippen molar-refractivity contribution >= 4 is 29.9 Å². The molecule has 1 unspecified atom stereocenters. The molecule has 1 aliphatic rings. The first-order chi connectivity index (χ1) is 13.9. The summed E-state index contributed by atoms with van der Waals surface area (Å²) in [7, 11) is 0. The van der Waals surface area contributed by atoms with Gasteiger partial charge in [-0.1, -0.05) is 13.0 Å². The van der Waals surface area contributed by atoms with E-state index in [1.807, 2.05) is 13.8 Å². The minimum Gasteiger partial charge on any atom is -0.377 e. The quantitative estimate of drug-likeness (QED) is 0.282. The number of hydrogen-bond acceptors (Lipinski definition) is 3. The van der Waals surface area contributed by atoms with E-state index in [1.165, 1.54) is 12.1 Å². The number of rotatable bonds is 9. The first-order valence-corrected chi connectivity index (χ1v) is 10.7. The summed E-state index contributed by atoms with van der Waals surface area (Å²) in [5.41, 5.74) is 0.489. The number of benzene rings is 1. The van der Waals surface area contributed by atoms with Crippen LogP contribution in [0.5, 0.6) is 0 Å². The zero-order chi connectivity index (χ0) is 21.2. The summed E-state index contributed by atoms with van der Waals surface area (Å²) >= 11 is 0. The number of nitrogens with zero attached hydrogens (tertiary/aromatic N) is 2. The normalized spacial score (nSPS) is 17.0. The molecule has 1 aromatic carbocycles. The van der Waals surface area contributed by atoms with E-state index in [4.69, 9.17) is 4.74 Å². The molecule has 2 N–H and O–H groups in total. The number of halogens is 3. The summed E-state index contributed by atoms with van der Waals surface area (Å²) in [5, 5.41) is 6.78. The number of aliphatic imine (C=N–C) groups is 1. The Hall–Kier alpha value is -1.00. The number of nitrogens with one attached hydrogen (secondary N) is 2. The molecule has 0 radical (unpaired) electrons. The molecule has 1 aliphatic heterocycles. The molecule has 2 rings (SSSR count). The number of ether oxygens (including phenoxy) is 1. The van der Waals surface area contributed by atoms with Crippen LogP contribution in [0.15, 0.2) is 23.2 Å². The van der Waals surface area contributed by atoms with Gasteiger partial charge in [-0.15, -0.1) is 24.0 Å². The largest absolute Gasteiger partial charge is 0.377 e. The van der Waals surface area contributed by atoms with Crippen LogP contribution in [0.4, 0.5) is 8.78 Å². The monoisotopic (exact) mass is 538 g/mol. The summed E-state index contributed by atoms with van der Waals surface area (Å²) in [6, 6.07) is 4.10. The Kier molecular flexibility index (Phi) is 12.7. The van der Waals surface area contributed by atoms with E-state index in [1.54, 1.807) is 0 Å². The van der Waals surface area contributed by atoms with Gasteiger partial charge in [0, 0.05) is 50.7 Å². The van der Waals surface area contributed by atoms with Gasteiger partial charge in [-0.25, -0.2) is 8.78 Å². The van der Waals surface area contributed by atoms with Crippen molar-refractivity contribution in [2.24, 2.45) is 4.99 Å². The Morgan fingerprint density at radius 3 is 2.53 bits per heavy atom. The van der Waals surface area contributed by atoms with E-state index < -0.39 is 11.6 Å². The molecular formula is C22H37F2IN4O. The average molecular weight is 538 g/mol. The van der Waals surface area contributed by atoms with Gasteiger partial charge in [0.1, 0.15) is 11.6 Å². The molecule has 0 amide bonds. The van der Waals surface area contributed by atoms with E-state index in [-0.39, 0.29) is 36.0 Å². The topological polar surface area (TPSA) is 48.9 Å². The molecule has 1 fully saturated rings. The van der Waals surface area contributed by atoms with E-state index in [2.05, 4.69) is 34.4 Å². The predicted molar refractivity (Wildman–Crippen MR) is 130 cm³/mol. The number of guanidine groups is 1. The van der Waals surface area contributed by atoms with Crippen molar-refractivity contribution in [2.75, 3.05) is 39.3 Å². The molecule has 0 aliphatic carbocycles. The number of piperidine rings is 1. The van der Waals surface area contributed by atoms with Crippen LogP contribution in [0.25, 0.3) is 0 Å². The summed E-state index contributed by atoms with van der Waals surface area (Å²) in [6.45, 7) is 13.1. The van der Waals surface area contributed by atoms with Crippen LogP contribution in [-0.2, 0) is 4.74 Å². The Morgan fingerprint density at radius 1 is 1.23 bits per heavy atom. The Labute approximate surface area is 197 Å². The SMILES string of the molecule is CCNC(=NCC(C)c1ccc(F)cc1F)NC1CCN(CCOC(C)C)CC1.I. The van der Waals surface area contributed by atoms with Crippen LogP contribution >= 0.6 is 24.0 Å². The van der Waals surface area contributed by atoms with Crippen molar-refractivity contribution in [3.63, 3.8) is 0 Å². The van der Waals surface area contributed by atoms with Gasteiger partial charge >= 0.3 is 0 Å². The second kappa shape index (κ2) is 14.1. The lowest BCUT2D eigenvalue weighted by Crippen LogP contribution is -2.49. The van der Waals surface area contributed by atoms with Gasteiger partial charge in [-0.05, 0) is 45.2 Å². The fourth-order valence-corrected chi connectivity index (χ4v) is 3.46. The minimum atomic E-state index is -0.556. The fourth-order valence-electron chi connectivity index (χ4n) is 3.46. The van der Waals surface area contributed by atoms with Gasteiger partial charge in [0.05, 0.1) is 12.7 Å². The molecular weight excluding hydrogens is 501 g/mol. The van der Waals surface area contributed by atoms with Gasteiger partial charge in [-0.3, -0.25) is 4.99 Å². The summed E-state index contributed by atoms with van der Waals surface area (Å²) in [6.07, 6.45) is 2.38. The van der Waals surface area contributed by atoms with Gasteiger partial charge < -0.3 is 20.3 Å². The molecule has 1 saturated heterocycles. The maximum Gasteiger partial charge on any atom is 0.191 e. The smallest absolute Gasteiger partial charge is 0.191 e. The van der Waals surface area contributed by atoms with Crippen molar-refractivity contribution in [1.82, 2.24) is 15.5 Å². The zero-order valence-corrected chi connectivity index (χ0v) is 20.9. The van der Waals surface area contributed by atoms with Crippen LogP contribution in [0.1, 0.15) is 52.0 Å². The van der Waals surface area contributed by atoms with Gasteiger partial charge in [0.2, 0.25) is 0 Å². The van der Waals surface area contributed by atoms with Crippen LogP contribution in [-0.4, -0.2) is 62.3 Å². The molecule has 1 heterocycles. The number of likely N-dealkylation sites (tertiary alicyclic amines) is 1. The lowest BCUT2D eigenvalue weighted by atomic mass is 10.0. The lowest BCUT2D eigenvalue weighted by Gasteiger charge is -2.33. The standard InChI is InChI=1S/C22H36F2N4O.HI/c1-5-25-22(26-15-17(4)20-7-6-18(23)14-21(20)24)27-19-8-10-28(11-9-19)12-13-29-16(2)3;/h6-7,14,16-17,19H,5,8-13,15H2,1-4H3,(H2,25,26,27);1H. The van der Waals surface area contributed by atoms with Crippen molar-refractivity contribution in [1.29, 1.82) is 0 Å². The van der Waals surface area contributed by atoms with Gasteiger partial charge in [0.25, 0.3) is 0 Å². The first kappa shape index (κ1) is 27.0.